The highest BCUT2D eigenvalue weighted by Crippen LogP contribution is 2.52. The van der Waals surface area contributed by atoms with Crippen LogP contribution in [0.3, 0.4) is 0 Å². The van der Waals surface area contributed by atoms with E-state index in [1.165, 1.54) is 0 Å². The van der Waals surface area contributed by atoms with Crippen molar-refractivity contribution in [1.82, 2.24) is 25.0 Å². The van der Waals surface area contributed by atoms with Crippen LogP contribution in [0.4, 0.5) is 5.95 Å². The van der Waals surface area contributed by atoms with Crippen LogP contribution in [0.15, 0.2) is 0 Å². The van der Waals surface area contributed by atoms with Crippen LogP contribution in [0.25, 0.3) is 0 Å². The molecule has 4 rings (SSSR count). The lowest BCUT2D eigenvalue weighted by Gasteiger charge is -2.57. The van der Waals surface area contributed by atoms with Crippen LogP contribution in [-0.2, 0) is 6.54 Å². The minimum Gasteiger partial charge on any atom is -0.391 e. The molecule has 1 amide bonds. The van der Waals surface area contributed by atoms with E-state index in [0.29, 0.717) is 17.9 Å². The number of aliphatic hydroxyl groups excluding tert-OH is 1. The molecule has 1 saturated carbocycles. The predicted molar refractivity (Wildman–Crippen MR) is 93.3 cm³/mol. The molecule has 1 saturated heterocycles. The topological polar surface area (TPSA) is 95.3 Å². The van der Waals surface area contributed by atoms with E-state index in [-0.39, 0.29) is 23.2 Å². The van der Waals surface area contributed by atoms with E-state index in [9.17, 15) is 9.90 Å². The van der Waals surface area contributed by atoms with Crippen LogP contribution in [0.1, 0.15) is 43.7 Å². The Morgan fingerprint density at radius 1 is 1.44 bits per heavy atom. The summed E-state index contributed by atoms with van der Waals surface area (Å²) in [6.07, 6.45) is 2.04. The molecule has 2 aliphatic heterocycles. The van der Waals surface area contributed by atoms with Gasteiger partial charge in [-0.2, -0.15) is 4.98 Å². The molecule has 1 aliphatic carbocycles. The van der Waals surface area contributed by atoms with Gasteiger partial charge in [0, 0.05) is 31.1 Å². The number of fused-ring (bicyclic) bond motifs is 1. The molecule has 8 nitrogen and oxygen atoms in total. The highest BCUT2D eigenvalue weighted by Gasteiger charge is 2.58. The first-order chi connectivity index (χ1) is 11.9. The van der Waals surface area contributed by atoms with E-state index in [2.05, 4.69) is 46.5 Å². The number of amides is 1. The van der Waals surface area contributed by atoms with Crippen LogP contribution in [0.5, 0.6) is 0 Å². The van der Waals surface area contributed by atoms with Crippen molar-refractivity contribution < 1.29 is 9.90 Å². The summed E-state index contributed by atoms with van der Waals surface area (Å²) in [6, 6.07) is 0.238. The zero-order chi connectivity index (χ0) is 17.8. The Hall–Kier alpha value is -1.67. The second kappa shape index (κ2) is 5.95. The highest BCUT2D eigenvalue weighted by atomic mass is 16.3. The van der Waals surface area contributed by atoms with Gasteiger partial charge in [-0.1, -0.05) is 13.8 Å². The summed E-state index contributed by atoms with van der Waals surface area (Å²) in [5.41, 5.74) is 0.114. The number of hydrogen-bond acceptors (Lipinski definition) is 6. The second-order valence-corrected chi connectivity index (χ2v) is 8.28. The van der Waals surface area contributed by atoms with Crippen LogP contribution < -0.4 is 10.6 Å². The molecule has 3 aliphatic rings. The number of carbonyl (C=O) groups excluding carboxylic acids is 1. The fraction of sp³-hybridized carbons (Fsp3) is 0.824. The number of rotatable bonds is 3. The van der Waals surface area contributed by atoms with E-state index in [4.69, 9.17) is 0 Å². The maximum Gasteiger partial charge on any atom is 0.291 e. The fourth-order valence-corrected chi connectivity index (χ4v) is 5.38. The number of nitrogens with zero attached hydrogens (tertiary/aromatic N) is 4. The maximum atomic E-state index is 12.6. The Labute approximate surface area is 148 Å². The molecule has 0 bridgehead atoms. The van der Waals surface area contributed by atoms with Crippen molar-refractivity contribution in [3.8, 4) is 0 Å². The number of nitrogens with one attached hydrogen (secondary N) is 2. The number of hydrogen-bond donors (Lipinski definition) is 3. The average Bonchev–Trinajstić information content (AvgIpc) is 3.09. The quantitative estimate of drug-likeness (QED) is 0.727. The summed E-state index contributed by atoms with van der Waals surface area (Å²) in [6.45, 7) is 7.08. The summed E-state index contributed by atoms with van der Waals surface area (Å²) in [4.78, 5) is 19.2. The SMILES string of the molecule is CC(C)C1N(C)CC12C[C@@H](O)[C@H](NC(=O)c1nc3n(n1)CCCN3)C2. The molecule has 0 radical (unpaired) electrons. The molecule has 3 N–H and O–H groups in total. The lowest BCUT2D eigenvalue weighted by molar-refractivity contribution is -0.0827. The second-order valence-electron chi connectivity index (χ2n) is 8.28. The van der Waals surface area contributed by atoms with Crippen LogP contribution in [-0.4, -0.2) is 69.0 Å². The standard InChI is InChI=1S/C17H28N6O2/c1-10(2)13-17(9-22(13)3)7-11(12(24)8-17)19-15(25)14-20-16-18-5-4-6-23(16)21-14/h10-13,24H,4-9H2,1-3H3,(H,19,25)(H,18,20,21)/t11-,12-,13?,17?/m1/s1. The molecule has 2 fully saturated rings. The number of aliphatic hydroxyl groups is 1. The van der Waals surface area contributed by atoms with Gasteiger partial charge >= 0.3 is 0 Å². The fourth-order valence-electron chi connectivity index (χ4n) is 5.38. The maximum absolute atomic E-state index is 12.6. The Balaban J connectivity index is 1.44. The summed E-state index contributed by atoms with van der Waals surface area (Å²) < 4.78 is 1.74. The van der Waals surface area contributed by atoms with Gasteiger partial charge in [0.05, 0.1) is 12.1 Å². The Morgan fingerprint density at radius 2 is 2.24 bits per heavy atom. The van der Waals surface area contributed by atoms with Gasteiger partial charge in [0.25, 0.3) is 5.91 Å². The summed E-state index contributed by atoms with van der Waals surface area (Å²) in [7, 11) is 2.14. The van der Waals surface area contributed by atoms with Crippen molar-refractivity contribution in [1.29, 1.82) is 0 Å². The van der Waals surface area contributed by atoms with E-state index in [1.54, 1.807) is 4.68 Å². The molecule has 8 heteroatoms. The first-order valence-electron chi connectivity index (χ1n) is 9.27. The third-order valence-corrected chi connectivity index (χ3v) is 6.03. The minimum atomic E-state index is -0.505. The third kappa shape index (κ3) is 2.71. The predicted octanol–water partition coefficient (Wildman–Crippen LogP) is 0.303. The molecule has 1 spiro atoms. The summed E-state index contributed by atoms with van der Waals surface area (Å²) >= 11 is 0. The number of aryl methyl sites for hydroxylation is 1. The van der Waals surface area contributed by atoms with Gasteiger partial charge in [0.1, 0.15) is 0 Å². The van der Waals surface area contributed by atoms with Crippen molar-refractivity contribution in [2.75, 3.05) is 25.5 Å². The Kier molecular flexibility index (Phi) is 3.99. The normalized spacial score (nSPS) is 34.7. The molecule has 25 heavy (non-hydrogen) atoms. The molecule has 138 valence electrons. The molecule has 0 aromatic carbocycles. The molecule has 1 aromatic rings. The van der Waals surface area contributed by atoms with Crippen molar-refractivity contribution in [2.45, 2.75) is 57.8 Å². The van der Waals surface area contributed by atoms with Gasteiger partial charge in [-0.15, -0.1) is 5.10 Å². The summed E-state index contributed by atoms with van der Waals surface area (Å²) in [5.74, 6) is 1.08. The van der Waals surface area contributed by atoms with Gasteiger partial charge in [-0.25, -0.2) is 4.68 Å². The molecular weight excluding hydrogens is 320 g/mol. The number of aromatic nitrogens is 3. The first-order valence-corrected chi connectivity index (χ1v) is 9.27. The Morgan fingerprint density at radius 3 is 2.92 bits per heavy atom. The first kappa shape index (κ1) is 16.8. The molecule has 3 heterocycles. The zero-order valence-electron chi connectivity index (χ0n) is 15.2. The molecule has 1 aromatic heterocycles. The Bertz CT molecular complexity index is 646. The van der Waals surface area contributed by atoms with Crippen molar-refractivity contribution in [3.05, 3.63) is 5.82 Å². The van der Waals surface area contributed by atoms with Gasteiger partial charge in [-0.3, -0.25) is 4.79 Å². The average molecular weight is 348 g/mol. The van der Waals surface area contributed by atoms with E-state index in [0.717, 1.165) is 38.9 Å². The monoisotopic (exact) mass is 348 g/mol. The molecular formula is C17H28N6O2. The van der Waals surface area contributed by atoms with Gasteiger partial charge < -0.3 is 20.6 Å². The van der Waals surface area contributed by atoms with Gasteiger partial charge in [-0.05, 0) is 32.2 Å². The smallest absolute Gasteiger partial charge is 0.291 e. The van der Waals surface area contributed by atoms with Gasteiger partial charge in [0.2, 0.25) is 11.8 Å². The number of anilines is 1. The summed E-state index contributed by atoms with van der Waals surface area (Å²) in [5, 5.41) is 21.0. The largest absolute Gasteiger partial charge is 0.391 e. The van der Waals surface area contributed by atoms with Crippen molar-refractivity contribution in [2.24, 2.45) is 11.3 Å². The van der Waals surface area contributed by atoms with Crippen LogP contribution >= 0.6 is 0 Å². The van der Waals surface area contributed by atoms with Crippen molar-refractivity contribution in [3.63, 3.8) is 0 Å². The zero-order valence-corrected chi connectivity index (χ0v) is 15.2. The lowest BCUT2D eigenvalue weighted by Crippen LogP contribution is -2.64. The van der Waals surface area contributed by atoms with Crippen molar-refractivity contribution >= 4 is 11.9 Å². The van der Waals surface area contributed by atoms with Gasteiger partial charge in [0.15, 0.2) is 0 Å². The third-order valence-electron chi connectivity index (χ3n) is 6.03. The number of carbonyl (C=O) groups is 1. The van der Waals surface area contributed by atoms with Crippen LogP contribution in [0.2, 0.25) is 0 Å². The minimum absolute atomic E-state index is 0.114. The highest BCUT2D eigenvalue weighted by molar-refractivity contribution is 5.91. The van der Waals surface area contributed by atoms with Crippen LogP contribution in [0, 0.1) is 11.3 Å². The van der Waals surface area contributed by atoms with E-state index in [1.807, 2.05) is 0 Å². The lowest BCUT2D eigenvalue weighted by atomic mass is 9.66. The van der Waals surface area contributed by atoms with E-state index < -0.39 is 6.10 Å². The molecule has 4 atom stereocenters. The molecule has 2 unspecified atom stereocenters. The number of likely N-dealkylation sites (tertiary alicyclic amines) is 1. The van der Waals surface area contributed by atoms with E-state index >= 15 is 0 Å².